The number of carbonyl (C=O) groups excluding carboxylic acids is 1. The summed E-state index contributed by atoms with van der Waals surface area (Å²) < 4.78 is 10.2. The lowest BCUT2D eigenvalue weighted by atomic mass is 10.3. The number of esters is 1. The Bertz CT molecular complexity index is 305. The zero-order chi connectivity index (χ0) is 11.6. The Labute approximate surface area is 103 Å². The first kappa shape index (κ1) is 13.1. The molecule has 0 saturated heterocycles. The molecule has 0 N–H and O–H groups in total. The van der Waals surface area contributed by atoms with Crippen LogP contribution in [0.4, 0.5) is 0 Å². The molecule has 0 atom stereocenters. The number of rotatable bonds is 7. The number of carbonyl (C=O) groups is 1. The maximum Gasteiger partial charge on any atom is 0.339 e. The van der Waals surface area contributed by atoms with Crippen LogP contribution in [0.3, 0.4) is 0 Å². The van der Waals surface area contributed by atoms with Crippen LogP contribution >= 0.6 is 15.9 Å². The molecule has 1 aromatic heterocycles. The summed E-state index contributed by atoms with van der Waals surface area (Å²) in [5, 5.41) is 0.919. The Hall–Kier alpha value is -0.940. The standard InChI is InChI=1S/C11H14BrNO3/c12-4-2-6-15-7-8-16-11(14)10-3-1-5-13-9-10/h1,3,5,9H,2,4,6-8H2. The second-order valence-corrected chi connectivity index (χ2v) is 3.83. The average molecular weight is 288 g/mol. The molecule has 0 radical (unpaired) electrons. The van der Waals surface area contributed by atoms with Crippen LogP contribution in [-0.4, -0.2) is 36.1 Å². The van der Waals surface area contributed by atoms with Crippen LogP contribution in [0, 0.1) is 0 Å². The highest BCUT2D eigenvalue weighted by Gasteiger charge is 2.05. The molecule has 0 bridgehead atoms. The van der Waals surface area contributed by atoms with Crippen LogP contribution in [-0.2, 0) is 9.47 Å². The summed E-state index contributed by atoms with van der Waals surface area (Å²) in [5.74, 6) is -0.364. The molecule has 5 heteroatoms. The zero-order valence-electron chi connectivity index (χ0n) is 8.89. The molecule has 1 rings (SSSR count). The summed E-state index contributed by atoms with van der Waals surface area (Å²) in [7, 11) is 0. The van der Waals surface area contributed by atoms with Crippen LogP contribution in [0.2, 0.25) is 0 Å². The molecular formula is C11H14BrNO3. The quantitative estimate of drug-likeness (QED) is 0.437. The topological polar surface area (TPSA) is 48.4 Å². The average Bonchev–Trinajstić information content (AvgIpc) is 2.34. The van der Waals surface area contributed by atoms with E-state index < -0.39 is 0 Å². The maximum absolute atomic E-state index is 11.4. The summed E-state index contributed by atoms with van der Waals surface area (Å²) in [4.78, 5) is 15.2. The molecule has 0 unspecified atom stereocenters. The van der Waals surface area contributed by atoms with E-state index in [0.29, 0.717) is 18.8 Å². The number of ether oxygens (including phenoxy) is 2. The molecule has 0 aliphatic heterocycles. The van der Waals surface area contributed by atoms with Crippen LogP contribution in [0.5, 0.6) is 0 Å². The van der Waals surface area contributed by atoms with Gasteiger partial charge in [0.25, 0.3) is 0 Å². The second-order valence-electron chi connectivity index (χ2n) is 3.03. The number of hydrogen-bond acceptors (Lipinski definition) is 4. The van der Waals surface area contributed by atoms with E-state index in [1.165, 1.54) is 6.20 Å². The third kappa shape index (κ3) is 5.23. The van der Waals surface area contributed by atoms with Gasteiger partial charge in [-0.05, 0) is 18.6 Å². The lowest BCUT2D eigenvalue weighted by Gasteiger charge is -2.05. The Morgan fingerprint density at radius 3 is 2.94 bits per heavy atom. The van der Waals surface area contributed by atoms with Crippen molar-refractivity contribution in [3.63, 3.8) is 0 Å². The summed E-state index contributed by atoms with van der Waals surface area (Å²) in [5.41, 5.74) is 0.461. The van der Waals surface area contributed by atoms with E-state index in [2.05, 4.69) is 20.9 Å². The summed E-state index contributed by atoms with van der Waals surface area (Å²) in [6.45, 7) is 1.38. The molecule has 0 aromatic carbocycles. The van der Waals surface area contributed by atoms with Crippen molar-refractivity contribution in [2.75, 3.05) is 25.2 Å². The van der Waals surface area contributed by atoms with Crippen molar-refractivity contribution in [1.29, 1.82) is 0 Å². The van der Waals surface area contributed by atoms with Crippen molar-refractivity contribution in [2.24, 2.45) is 0 Å². The lowest BCUT2D eigenvalue weighted by Crippen LogP contribution is -2.11. The Balaban J connectivity index is 2.12. The normalized spacial score (nSPS) is 10.1. The van der Waals surface area contributed by atoms with Gasteiger partial charge < -0.3 is 9.47 Å². The smallest absolute Gasteiger partial charge is 0.339 e. The van der Waals surface area contributed by atoms with Crippen LogP contribution in [0.25, 0.3) is 0 Å². The number of halogens is 1. The third-order valence-corrected chi connectivity index (χ3v) is 2.34. The fraction of sp³-hybridized carbons (Fsp3) is 0.455. The number of pyridine rings is 1. The predicted octanol–water partition coefficient (Wildman–Crippen LogP) is 2.04. The monoisotopic (exact) mass is 287 g/mol. The molecule has 1 heterocycles. The highest BCUT2D eigenvalue weighted by molar-refractivity contribution is 9.09. The van der Waals surface area contributed by atoms with Crippen molar-refractivity contribution >= 4 is 21.9 Å². The third-order valence-electron chi connectivity index (χ3n) is 1.78. The van der Waals surface area contributed by atoms with E-state index in [4.69, 9.17) is 9.47 Å². The van der Waals surface area contributed by atoms with E-state index >= 15 is 0 Å². The molecular weight excluding hydrogens is 274 g/mol. The first-order valence-corrected chi connectivity index (χ1v) is 6.17. The molecule has 0 spiro atoms. The Morgan fingerprint density at radius 1 is 1.38 bits per heavy atom. The van der Waals surface area contributed by atoms with Crippen LogP contribution in [0.15, 0.2) is 24.5 Å². The fourth-order valence-corrected chi connectivity index (χ4v) is 1.25. The minimum absolute atomic E-state index is 0.274. The largest absolute Gasteiger partial charge is 0.460 e. The lowest BCUT2D eigenvalue weighted by molar-refractivity contribution is 0.0319. The van der Waals surface area contributed by atoms with E-state index in [0.717, 1.165) is 11.8 Å². The number of nitrogens with zero attached hydrogens (tertiary/aromatic N) is 1. The number of alkyl halides is 1. The van der Waals surface area contributed by atoms with Gasteiger partial charge in [-0.2, -0.15) is 0 Å². The van der Waals surface area contributed by atoms with Crippen LogP contribution in [0.1, 0.15) is 16.8 Å². The van der Waals surface area contributed by atoms with E-state index in [1.807, 2.05) is 0 Å². The van der Waals surface area contributed by atoms with Gasteiger partial charge in [-0.3, -0.25) is 4.98 Å². The number of aromatic nitrogens is 1. The van der Waals surface area contributed by atoms with Crippen molar-refractivity contribution in [1.82, 2.24) is 4.98 Å². The van der Waals surface area contributed by atoms with Crippen molar-refractivity contribution in [2.45, 2.75) is 6.42 Å². The molecule has 88 valence electrons. The highest BCUT2D eigenvalue weighted by Crippen LogP contribution is 1.98. The highest BCUT2D eigenvalue weighted by atomic mass is 79.9. The van der Waals surface area contributed by atoms with Gasteiger partial charge in [-0.15, -0.1) is 0 Å². The first-order chi connectivity index (χ1) is 7.84. The minimum atomic E-state index is -0.364. The summed E-state index contributed by atoms with van der Waals surface area (Å²) in [6.07, 6.45) is 4.05. The van der Waals surface area contributed by atoms with Gasteiger partial charge in [0, 0.05) is 24.3 Å². The van der Waals surface area contributed by atoms with E-state index in [9.17, 15) is 4.79 Å². The van der Waals surface area contributed by atoms with E-state index in [-0.39, 0.29) is 12.6 Å². The maximum atomic E-state index is 11.4. The minimum Gasteiger partial charge on any atom is -0.460 e. The van der Waals surface area contributed by atoms with Crippen LogP contribution < -0.4 is 0 Å². The Morgan fingerprint density at radius 2 is 2.25 bits per heavy atom. The van der Waals surface area contributed by atoms with Gasteiger partial charge >= 0.3 is 5.97 Å². The first-order valence-electron chi connectivity index (χ1n) is 5.05. The second kappa shape index (κ2) is 8.24. The van der Waals surface area contributed by atoms with Gasteiger partial charge in [-0.25, -0.2) is 4.79 Å². The van der Waals surface area contributed by atoms with Gasteiger partial charge in [0.05, 0.1) is 12.2 Å². The predicted molar refractivity (Wildman–Crippen MR) is 63.7 cm³/mol. The SMILES string of the molecule is O=C(OCCOCCCBr)c1cccnc1. The Kier molecular flexibility index (Phi) is 6.76. The van der Waals surface area contributed by atoms with Gasteiger partial charge in [0.1, 0.15) is 6.61 Å². The molecule has 1 aromatic rings. The fourth-order valence-electron chi connectivity index (χ4n) is 1.02. The molecule has 0 fully saturated rings. The summed E-state index contributed by atoms with van der Waals surface area (Å²) >= 11 is 3.30. The molecule has 16 heavy (non-hydrogen) atoms. The molecule has 0 amide bonds. The van der Waals surface area contributed by atoms with Gasteiger partial charge in [-0.1, -0.05) is 15.9 Å². The van der Waals surface area contributed by atoms with Crippen molar-refractivity contribution in [3.05, 3.63) is 30.1 Å². The molecule has 0 saturated carbocycles. The molecule has 0 aliphatic carbocycles. The molecule has 4 nitrogen and oxygen atoms in total. The zero-order valence-corrected chi connectivity index (χ0v) is 10.5. The van der Waals surface area contributed by atoms with Crippen molar-refractivity contribution in [3.8, 4) is 0 Å². The molecule has 0 aliphatic rings. The van der Waals surface area contributed by atoms with E-state index in [1.54, 1.807) is 18.3 Å². The van der Waals surface area contributed by atoms with Gasteiger partial charge in [0.2, 0.25) is 0 Å². The van der Waals surface area contributed by atoms with Crippen molar-refractivity contribution < 1.29 is 14.3 Å². The van der Waals surface area contributed by atoms with Gasteiger partial charge in [0.15, 0.2) is 0 Å². The number of hydrogen-bond donors (Lipinski definition) is 0. The summed E-state index contributed by atoms with van der Waals surface area (Å²) in [6, 6.07) is 3.37.